The topological polar surface area (TPSA) is 55.4 Å². The molecule has 2 aromatic carbocycles. The number of para-hydroxylation sites is 2. The Morgan fingerprint density at radius 1 is 1.00 bits per heavy atom. The number of phenolic OH excluding ortho intramolecular Hbond substituents is 1. The molecule has 1 saturated heterocycles. The molecule has 0 atom stereocenters. The number of anilines is 1. The van der Waals surface area contributed by atoms with Gasteiger partial charge in [0.05, 0.1) is 17.6 Å². The Morgan fingerprint density at radius 3 is 2.61 bits per heavy atom. The van der Waals surface area contributed by atoms with E-state index in [0.717, 1.165) is 55.3 Å². The highest BCUT2D eigenvalue weighted by Crippen LogP contribution is 2.21. The Hall–Kier alpha value is -2.53. The first kappa shape index (κ1) is 14.1. The third-order valence-corrected chi connectivity index (χ3v) is 4.38. The molecule has 0 spiro atoms. The van der Waals surface area contributed by atoms with Crippen LogP contribution >= 0.6 is 0 Å². The van der Waals surface area contributed by atoms with E-state index in [-0.39, 0.29) is 0 Å². The van der Waals surface area contributed by atoms with Crippen LogP contribution in [0.2, 0.25) is 0 Å². The van der Waals surface area contributed by atoms with Gasteiger partial charge in [-0.2, -0.15) is 0 Å². The average Bonchev–Trinajstić information content (AvgIpc) is 2.98. The van der Waals surface area contributed by atoms with Crippen molar-refractivity contribution in [2.75, 3.05) is 31.1 Å². The lowest BCUT2D eigenvalue weighted by Gasteiger charge is -2.35. The van der Waals surface area contributed by atoms with Gasteiger partial charge in [0.15, 0.2) is 0 Å². The van der Waals surface area contributed by atoms with Crippen molar-refractivity contribution in [1.29, 1.82) is 0 Å². The van der Waals surface area contributed by atoms with Gasteiger partial charge in [-0.1, -0.05) is 18.2 Å². The zero-order valence-corrected chi connectivity index (χ0v) is 12.9. The van der Waals surface area contributed by atoms with E-state index in [0.29, 0.717) is 5.75 Å². The van der Waals surface area contributed by atoms with Gasteiger partial charge in [-0.25, -0.2) is 4.98 Å². The Labute approximate surface area is 135 Å². The molecule has 1 fully saturated rings. The monoisotopic (exact) mass is 308 g/mol. The van der Waals surface area contributed by atoms with Crippen molar-refractivity contribution in [2.45, 2.75) is 6.54 Å². The van der Waals surface area contributed by atoms with Crippen LogP contribution in [0.25, 0.3) is 11.0 Å². The molecule has 2 heterocycles. The summed E-state index contributed by atoms with van der Waals surface area (Å²) in [6.07, 6.45) is 0. The number of piperazine rings is 1. The van der Waals surface area contributed by atoms with Gasteiger partial charge in [0.1, 0.15) is 11.6 Å². The van der Waals surface area contributed by atoms with E-state index in [1.807, 2.05) is 30.3 Å². The summed E-state index contributed by atoms with van der Waals surface area (Å²) in [7, 11) is 0. The van der Waals surface area contributed by atoms with Crippen molar-refractivity contribution < 1.29 is 5.11 Å². The van der Waals surface area contributed by atoms with Crippen molar-refractivity contribution in [3.05, 3.63) is 54.4 Å². The molecule has 0 unspecified atom stereocenters. The molecule has 1 aromatic heterocycles. The number of rotatable bonds is 3. The molecule has 23 heavy (non-hydrogen) atoms. The maximum atomic E-state index is 9.61. The number of aromatic amines is 1. The van der Waals surface area contributed by atoms with E-state index < -0.39 is 0 Å². The van der Waals surface area contributed by atoms with Crippen LogP contribution in [0.4, 0.5) is 5.69 Å². The number of fused-ring (bicyclic) bond motifs is 1. The molecule has 5 heteroatoms. The number of hydrogen-bond donors (Lipinski definition) is 2. The lowest BCUT2D eigenvalue weighted by molar-refractivity contribution is 0.245. The number of nitrogens with zero attached hydrogens (tertiary/aromatic N) is 3. The SMILES string of the molecule is Oc1cccc(N2CCN(Cc3nc4ccccc4[nH]3)CC2)c1. The van der Waals surface area contributed by atoms with Crippen LogP contribution in [0.1, 0.15) is 5.82 Å². The van der Waals surface area contributed by atoms with Crippen molar-refractivity contribution in [1.82, 2.24) is 14.9 Å². The summed E-state index contributed by atoms with van der Waals surface area (Å²) in [5.41, 5.74) is 3.22. The normalized spacial score (nSPS) is 16.1. The second-order valence-electron chi connectivity index (χ2n) is 5.98. The molecule has 0 amide bonds. The number of aromatic nitrogens is 2. The first-order chi connectivity index (χ1) is 11.3. The number of benzene rings is 2. The summed E-state index contributed by atoms with van der Waals surface area (Å²) < 4.78 is 0. The lowest BCUT2D eigenvalue weighted by Crippen LogP contribution is -2.46. The van der Waals surface area contributed by atoms with Crippen LogP contribution in [0, 0.1) is 0 Å². The molecule has 1 aliphatic rings. The fourth-order valence-electron chi connectivity index (χ4n) is 3.15. The fraction of sp³-hybridized carbons (Fsp3) is 0.278. The maximum Gasteiger partial charge on any atom is 0.121 e. The Bertz CT molecular complexity index is 772. The van der Waals surface area contributed by atoms with Gasteiger partial charge in [0.2, 0.25) is 0 Å². The van der Waals surface area contributed by atoms with Crippen LogP contribution in [-0.2, 0) is 6.54 Å². The molecule has 4 rings (SSSR count). The number of H-pyrrole nitrogens is 1. The maximum absolute atomic E-state index is 9.61. The minimum absolute atomic E-state index is 0.326. The van der Waals surface area contributed by atoms with E-state index in [9.17, 15) is 5.11 Å². The lowest BCUT2D eigenvalue weighted by atomic mass is 10.2. The van der Waals surface area contributed by atoms with Crippen LogP contribution in [0.15, 0.2) is 48.5 Å². The molecular formula is C18H20N4O. The smallest absolute Gasteiger partial charge is 0.121 e. The van der Waals surface area contributed by atoms with Gasteiger partial charge in [0.25, 0.3) is 0 Å². The van der Waals surface area contributed by atoms with Crippen LogP contribution in [-0.4, -0.2) is 46.2 Å². The van der Waals surface area contributed by atoms with Crippen LogP contribution in [0.5, 0.6) is 5.75 Å². The molecule has 0 saturated carbocycles. The molecule has 1 aliphatic heterocycles. The van der Waals surface area contributed by atoms with E-state index >= 15 is 0 Å². The zero-order valence-electron chi connectivity index (χ0n) is 12.9. The molecular weight excluding hydrogens is 288 g/mol. The summed E-state index contributed by atoms with van der Waals surface area (Å²) >= 11 is 0. The fourth-order valence-corrected chi connectivity index (χ4v) is 3.15. The standard InChI is InChI=1S/C18H20N4O/c23-15-5-3-4-14(12-15)22-10-8-21(9-11-22)13-18-19-16-6-1-2-7-17(16)20-18/h1-7,12,23H,8-11,13H2,(H,19,20). The van der Waals surface area contributed by atoms with E-state index in [1.54, 1.807) is 6.07 Å². The minimum atomic E-state index is 0.326. The summed E-state index contributed by atoms with van der Waals surface area (Å²) in [4.78, 5) is 12.8. The molecule has 0 aliphatic carbocycles. The highest BCUT2D eigenvalue weighted by atomic mass is 16.3. The molecule has 5 nitrogen and oxygen atoms in total. The van der Waals surface area contributed by atoms with Crippen LogP contribution in [0.3, 0.4) is 0 Å². The summed E-state index contributed by atoms with van der Waals surface area (Å²) in [6.45, 7) is 4.76. The third kappa shape index (κ3) is 3.00. The second-order valence-corrected chi connectivity index (χ2v) is 5.98. The second kappa shape index (κ2) is 5.93. The Morgan fingerprint density at radius 2 is 1.83 bits per heavy atom. The molecule has 0 bridgehead atoms. The quantitative estimate of drug-likeness (QED) is 0.781. The van der Waals surface area contributed by atoms with Crippen molar-refractivity contribution in [3.63, 3.8) is 0 Å². The van der Waals surface area contributed by atoms with Crippen molar-refractivity contribution in [3.8, 4) is 5.75 Å². The third-order valence-electron chi connectivity index (χ3n) is 4.38. The summed E-state index contributed by atoms with van der Waals surface area (Å²) in [5.74, 6) is 1.35. The van der Waals surface area contributed by atoms with Gasteiger partial charge in [-0.15, -0.1) is 0 Å². The summed E-state index contributed by atoms with van der Waals surface area (Å²) in [6, 6.07) is 15.6. The Kier molecular flexibility index (Phi) is 3.63. The van der Waals surface area contributed by atoms with Crippen LogP contribution < -0.4 is 4.90 Å². The molecule has 2 N–H and O–H groups in total. The van der Waals surface area contributed by atoms with Crippen molar-refractivity contribution >= 4 is 16.7 Å². The molecule has 118 valence electrons. The van der Waals surface area contributed by atoms with Gasteiger partial charge in [-0.3, -0.25) is 4.90 Å². The van der Waals surface area contributed by atoms with E-state index in [2.05, 4.69) is 31.9 Å². The predicted octanol–water partition coefficient (Wildman–Crippen LogP) is 2.59. The number of imidazole rings is 1. The predicted molar refractivity (Wildman–Crippen MR) is 91.7 cm³/mol. The largest absolute Gasteiger partial charge is 0.508 e. The number of hydrogen-bond acceptors (Lipinski definition) is 4. The zero-order chi connectivity index (χ0) is 15.6. The number of phenols is 1. The Balaban J connectivity index is 1.39. The van der Waals surface area contributed by atoms with E-state index in [4.69, 9.17) is 0 Å². The first-order valence-electron chi connectivity index (χ1n) is 7.98. The van der Waals surface area contributed by atoms with E-state index in [1.165, 1.54) is 0 Å². The molecule has 3 aromatic rings. The number of nitrogens with one attached hydrogen (secondary N) is 1. The highest BCUT2D eigenvalue weighted by molar-refractivity contribution is 5.74. The van der Waals surface area contributed by atoms with Gasteiger partial charge in [0, 0.05) is 37.9 Å². The number of aromatic hydroxyl groups is 1. The van der Waals surface area contributed by atoms with Gasteiger partial charge in [-0.05, 0) is 24.3 Å². The minimum Gasteiger partial charge on any atom is -0.508 e. The van der Waals surface area contributed by atoms with Crippen molar-refractivity contribution in [2.24, 2.45) is 0 Å². The average molecular weight is 308 g/mol. The first-order valence-corrected chi connectivity index (χ1v) is 7.98. The van der Waals surface area contributed by atoms with Gasteiger partial charge >= 0.3 is 0 Å². The molecule has 0 radical (unpaired) electrons. The summed E-state index contributed by atoms with van der Waals surface area (Å²) in [5, 5.41) is 9.61. The highest BCUT2D eigenvalue weighted by Gasteiger charge is 2.18. The van der Waals surface area contributed by atoms with Gasteiger partial charge < -0.3 is 15.0 Å².